The first-order chi connectivity index (χ1) is 32.0. The Kier molecular flexibility index (Phi) is 51.3. The van der Waals surface area contributed by atoms with Crippen LogP contribution >= 0.6 is 0 Å². The maximum atomic E-state index is 12.8. The summed E-state index contributed by atoms with van der Waals surface area (Å²) in [6, 6.07) is 0. The number of hydrogen-bond acceptors (Lipinski definition) is 6. The van der Waals surface area contributed by atoms with E-state index in [1.165, 1.54) is 154 Å². The van der Waals surface area contributed by atoms with Gasteiger partial charge in [0.15, 0.2) is 6.10 Å². The van der Waals surface area contributed by atoms with Gasteiger partial charge in [0, 0.05) is 19.3 Å². The predicted octanol–water partition coefficient (Wildman–Crippen LogP) is 18.4. The fourth-order valence-electron chi connectivity index (χ4n) is 7.84. The quantitative estimate of drug-likeness (QED) is 0.0199. The fraction of sp³-hybridized carbons (Fsp3) is 0.780. The van der Waals surface area contributed by atoms with Crippen molar-refractivity contribution in [3.8, 4) is 0 Å². The second-order valence-electron chi connectivity index (χ2n) is 18.5. The summed E-state index contributed by atoms with van der Waals surface area (Å²) in [7, 11) is 0. The number of esters is 3. The highest BCUT2D eigenvalue weighted by atomic mass is 16.6. The molecule has 0 saturated carbocycles. The molecule has 65 heavy (non-hydrogen) atoms. The number of carbonyl (C=O) groups excluding carboxylic acids is 3. The van der Waals surface area contributed by atoms with Gasteiger partial charge in [-0.15, -0.1) is 0 Å². The molecule has 0 aliphatic carbocycles. The summed E-state index contributed by atoms with van der Waals surface area (Å²) in [4.78, 5) is 38.1. The molecule has 1 unspecified atom stereocenters. The second-order valence-corrected chi connectivity index (χ2v) is 18.5. The fourth-order valence-corrected chi connectivity index (χ4v) is 7.84. The molecule has 0 aromatic heterocycles. The lowest BCUT2D eigenvalue weighted by atomic mass is 10.1. The average molecular weight is 909 g/mol. The molecule has 0 bridgehead atoms. The van der Waals surface area contributed by atoms with Gasteiger partial charge in [0.1, 0.15) is 13.2 Å². The molecule has 0 spiro atoms. The van der Waals surface area contributed by atoms with Gasteiger partial charge >= 0.3 is 17.9 Å². The molecule has 0 saturated heterocycles. The van der Waals surface area contributed by atoms with Gasteiger partial charge in [0.25, 0.3) is 0 Å². The molecule has 0 amide bonds. The summed E-state index contributed by atoms with van der Waals surface area (Å²) >= 11 is 0. The van der Waals surface area contributed by atoms with Gasteiger partial charge in [-0.05, 0) is 89.9 Å². The van der Waals surface area contributed by atoms with Gasteiger partial charge in [-0.2, -0.15) is 0 Å². The number of unbranched alkanes of at least 4 members (excludes halogenated alkanes) is 31. The van der Waals surface area contributed by atoms with Crippen molar-refractivity contribution in [3.05, 3.63) is 60.8 Å². The second kappa shape index (κ2) is 53.7. The summed E-state index contributed by atoms with van der Waals surface area (Å²) in [6.45, 7) is 6.49. The van der Waals surface area contributed by atoms with E-state index in [-0.39, 0.29) is 31.1 Å². The third kappa shape index (κ3) is 51.9. The van der Waals surface area contributed by atoms with Crippen molar-refractivity contribution in [2.45, 2.75) is 284 Å². The van der Waals surface area contributed by atoms with Crippen molar-refractivity contribution >= 4 is 17.9 Å². The first-order valence-electron chi connectivity index (χ1n) is 27.8. The maximum Gasteiger partial charge on any atom is 0.306 e. The molecule has 0 fully saturated rings. The van der Waals surface area contributed by atoms with E-state index in [1.54, 1.807) is 0 Å². The molecule has 0 aliphatic rings. The van der Waals surface area contributed by atoms with Gasteiger partial charge in [-0.25, -0.2) is 0 Å². The average Bonchev–Trinajstić information content (AvgIpc) is 3.30. The van der Waals surface area contributed by atoms with E-state index in [2.05, 4.69) is 81.5 Å². The highest BCUT2D eigenvalue weighted by Crippen LogP contribution is 2.15. The molecule has 0 aromatic rings. The number of allylic oxidation sites excluding steroid dienone is 10. The summed E-state index contributed by atoms with van der Waals surface area (Å²) in [5, 5.41) is 0. The van der Waals surface area contributed by atoms with Gasteiger partial charge in [0.05, 0.1) is 0 Å². The zero-order chi connectivity index (χ0) is 47.2. The molecule has 0 rings (SSSR count). The van der Waals surface area contributed by atoms with Crippen LogP contribution in [0.3, 0.4) is 0 Å². The van der Waals surface area contributed by atoms with Crippen molar-refractivity contribution in [1.29, 1.82) is 0 Å². The minimum absolute atomic E-state index is 0.0842. The summed E-state index contributed by atoms with van der Waals surface area (Å²) in [6.07, 6.45) is 66.3. The first-order valence-corrected chi connectivity index (χ1v) is 27.8. The highest BCUT2D eigenvalue weighted by Gasteiger charge is 2.19. The van der Waals surface area contributed by atoms with Crippen LogP contribution in [-0.2, 0) is 28.6 Å². The van der Waals surface area contributed by atoms with Crippen LogP contribution in [0.1, 0.15) is 278 Å². The van der Waals surface area contributed by atoms with Crippen molar-refractivity contribution in [2.75, 3.05) is 13.2 Å². The van der Waals surface area contributed by atoms with E-state index in [0.29, 0.717) is 19.3 Å². The molecule has 0 N–H and O–H groups in total. The van der Waals surface area contributed by atoms with Gasteiger partial charge in [-0.1, -0.05) is 229 Å². The van der Waals surface area contributed by atoms with E-state index >= 15 is 0 Å². The standard InChI is InChI=1S/C59H104O6/c1-4-7-10-13-16-19-22-25-27-29-31-34-37-40-43-46-49-52-58(61)64-55-56(54-63-57(60)51-48-45-42-39-36-33-24-21-18-15-12-9-6-3)65-59(62)53-50-47-44-41-38-35-32-30-28-26-23-20-17-14-11-8-5-2/h9,12,15,18,21,24-28,56H,4-8,10-11,13-14,16-17,19-20,22-23,29-55H2,1-3H3/b12-9+,18-15+,24-21+,27-25+,28-26+. The normalized spacial score (nSPS) is 12.5. The van der Waals surface area contributed by atoms with Crippen LogP contribution in [0, 0.1) is 0 Å². The van der Waals surface area contributed by atoms with E-state index < -0.39 is 6.10 Å². The Morgan fingerprint density at radius 1 is 0.323 bits per heavy atom. The lowest BCUT2D eigenvalue weighted by Gasteiger charge is -2.18. The Hall–Kier alpha value is -2.89. The van der Waals surface area contributed by atoms with Crippen molar-refractivity contribution in [3.63, 3.8) is 0 Å². The molecular formula is C59H104O6. The van der Waals surface area contributed by atoms with Crippen LogP contribution < -0.4 is 0 Å². The highest BCUT2D eigenvalue weighted by molar-refractivity contribution is 5.71. The molecule has 6 heteroatoms. The SMILES string of the molecule is CC/C=C/C=C/C=C/CCCCCCCC(=O)OCC(COC(=O)CCCCCCCCC/C=C/CCCCCCCC)OC(=O)CCCCCCCCC/C=C/CCCCCCCC. The molecule has 6 nitrogen and oxygen atoms in total. The summed E-state index contributed by atoms with van der Waals surface area (Å²) < 4.78 is 16.8. The molecule has 376 valence electrons. The zero-order valence-corrected chi connectivity index (χ0v) is 43.0. The molecule has 0 radical (unpaired) electrons. The molecule has 1 atom stereocenters. The Balaban J connectivity index is 4.39. The van der Waals surface area contributed by atoms with Crippen LogP contribution in [0.4, 0.5) is 0 Å². The first kappa shape index (κ1) is 62.1. The predicted molar refractivity (Wildman–Crippen MR) is 279 cm³/mol. The van der Waals surface area contributed by atoms with Crippen LogP contribution in [0.25, 0.3) is 0 Å². The monoisotopic (exact) mass is 909 g/mol. The van der Waals surface area contributed by atoms with Gasteiger partial charge < -0.3 is 14.2 Å². The minimum Gasteiger partial charge on any atom is -0.462 e. The van der Waals surface area contributed by atoms with Gasteiger partial charge in [-0.3, -0.25) is 14.4 Å². The van der Waals surface area contributed by atoms with Crippen molar-refractivity contribution in [1.82, 2.24) is 0 Å². The third-order valence-electron chi connectivity index (χ3n) is 12.0. The number of ether oxygens (including phenoxy) is 3. The Morgan fingerprint density at radius 2 is 0.615 bits per heavy atom. The smallest absolute Gasteiger partial charge is 0.306 e. The lowest BCUT2D eigenvalue weighted by Crippen LogP contribution is -2.30. The maximum absolute atomic E-state index is 12.8. The lowest BCUT2D eigenvalue weighted by molar-refractivity contribution is -0.167. The van der Waals surface area contributed by atoms with E-state index in [1.807, 2.05) is 0 Å². The summed E-state index contributed by atoms with van der Waals surface area (Å²) in [5.74, 6) is -0.906. The van der Waals surface area contributed by atoms with Crippen LogP contribution in [0.2, 0.25) is 0 Å². The Bertz CT molecular complexity index is 1180. The Labute approximate surface area is 402 Å². The number of carbonyl (C=O) groups is 3. The number of rotatable bonds is 50. The minimum atomic E-state index is -0.786. The van der Waals surface area contributed by atoms with Crippen molar-refractivity contribution in [2.24, 2.45) is 0 Å². The van der Waals surface area contributed by atoms with Crippen LogP contribution in [0.15, 0.2) is 60.8 Å². The number of hydrogen-bond donors (Lipinski definition) is 0. The van der Waals surface area contributed by atoms with E-state index in [4.69, 9.17) is 14.2 Å². The van der Waals surface area contributed by atoms with Crippen LogP contribution in [0.5, 0.6) is 0 Å². The van der Waals surface area contributed by atoms with E-state index in [0.717, 1.165) is 83.5 Å². The third-order valence-corrected chi connectivity index (χ3v) is 12.0. The zero-order valence-electron chi connectivity index (χ0n) is 43.0. The topological polar surface area (TPSA) is 78.9 Å². The molecule has 0 aliphatic heterocycles. The van der Waals surface area contributed by atoms with E-state index in [9.17, 15) is 14.4 Å². The molecular weight excluding hydrogens is 805 g/mol. The summed E-state index contributed by atoms with van der Waals surface area (Å²) in [5.41, 5.74) is 0. The van der Waals surface area contributed by atoms with Gasteiger partial charge in [0.2, 0.25) is 0 Å². The Morgan fingerprint density at radius 3 is 0.969 bits per heavy atom. The molecule has 0 heterocycles. The van der Waals surface area contributed by atoms with Crippen LogP contribution in [-0.4, -0.2) is 37.2 Å². The molecule has 0 aromatic carbocycles. The van der Waals surface area contributed by atoms with Crippen molar-refractivity contribution < 1.29 is 28.6 Å². The largest absolute Gasteiger partial charge is 0.462 e.